The van der Waals surface area contributed by atoms with Crippen LogP contribution in [0.3, 0.4) is 0 Å². The number of benzene rings is 2. The summed E-state index contributed by atoms with van der Waals surface area (Å²) in [5, 5.41) is 1.16. The zero-order chi connectivity index (χ0) is 16.6. The van der Waals surface area contributed by atoms with E-state index in [2.05, 4.69) is 0 Å². The Kier molecular flexibility index (Phi) is 3.73. The first kappa shape index (κ1) is 15.0. The Balaban J connectivity index is 2.17. The van der Waals surface area contributed by atoms with E-state index < -0.39 is 17.9 Å². The number of imide groups is 3. The van der Waals surface area contributed by atoms with Crippen LogP contribution in [0.15, 0.2) is 30.3 Å². The van der Waals surface area contributed by atoms with Crippen LogP contribution in [0.25, 0.3) is 10.8 Å². The summed E-state index contributed by atoms with van der Waals surface area (Å²) in [4.78, 5) is 37.8. The number of nitrogens with zero attached hydrogens (tertiary/aromatic N) is 1. The van der Waals surface area contributed by atoms with Gasteiger partial charge in [-0.1, -0.05) is 19.1 Å². The van der Waals surface area contributed by atoms with Crippen molar-refractivity contribution in [2.75, 3.05) is 13.7 Å². The zero-order valence-electron chi connectivity index (χ0n) is 12.8. The van der Waals surface area contributed by atoms with Crippen LogP contribution >= 0.6 is 0 Å². The van der Waals surface area contributed by atoms with Gasteiger partial charge in [0.1, 0.15) is 5.75 Å². The highest BCUT2D eigenvalue weighted by Gasteiger charge is 2.38. The van der Waals surface area contributed by atoms with Crippen LogP contribution in [-0.2, 0) is 4.74 Å². The summed E-state index contributed by atoms with van der Waals surface area (Å²) >= 11 is 0. The number of hydrogen-bond donors (Lipinski definition) is 0. The highest BCUT2D eigenvalue weighted by molar-refractivity contribution is 6.30. The molecule has 0 fully saturated rings. The van der Waals surface area contributed by atoms with Crippen LogP contribution in [0.4, 0.5) is 4.79 Å². The first-order valence-corrected chi connectivity index (χ1v) is 7.25. The molecule has 6 nitrogen and oxygen atoms in total. The SMILES string of the molecule is CCCOC(=O)N1C(=O)c2cccc3c(OC)ccc(c23)C1=O. The molecule has 118 valence electrons. The van der Waals surface area contributed by atoms with E-state index in [0.29, 0.717) is 27.8 Å². The molecule has 2 aromatic rings. The van der Waals surface area contributed by atoms with Crippen LogP contribution in [0, 0.1) is 0 Å². The Labute approximate surface area is 132 Å². The van der Waals surface area contributed by atoms with Gasteiger partial charge in [-0.05, 0) is 24.6 Å². The summed E-state index contributed by atoms with van der Waals surface area (Å²) < 4.78 is 10.2. The summed E-state index contributed by atoms with van der Waals surface area (Å²) in [5.74, 6) is -0.793. The molecular weight excluding hydrogens is 298 g/mol. The second-order valence-electron chi connectivity index (χ2n) is 5.10. The minimum absolute atomic E-state index is 0.148. The van der Waals surface area contributed by atoms with Crippen molar-refractivity contribution in [3.8, 4) is 5.75 Å². The number of amides is 3. The van der Waals surface area contributed by atoms with Gasteiger partial charge in [-0.3, -0.25) is 9.59 Å². The molecule has 1 aliphatic heterocycles. The lowest BCUT2D eigenvalue weighted by atomic mass is 9.94. The van der Waals surface area contributed by atoms with Crippen molar-refractivity contribution in [3.63, 3.8) is 0 Å². The third-order valence-corrected chi connectivity index (χ3v) is 3.70. The predicted molar refractivity (Wildman–Crippen MR) is 82.6 cm³/mol. The monoisotopic (exact) mass is 313 g/mol. The predicted octanol–water partition coefficient (Wildman–Crippen LogP) is 2.99. The third kappa shape index (κ3) is 2.23. The molecule has 0 bridgehead atoms. The minimum atomic E-state index is -0.944. The fraction of sp³-hybridized carbons (Fsp3) is 0.235. The van der Waals surface area contributed by atoms with Crippen molar-refractivity contribution in [1.29, 1.82) is 0 Å². The molecule has 1 heterocycles. The maximum Gasteiger partial charge on any atom is 0.424 e. The average molecular weight is 313 g/mol. The van der Waals surface area contributed by atoms with Crippen LogP contribution < -0.4 is 4.74 Å². The molecule has 0 spiro atoms. The molecular formula is C17H15NO5. The Morgan fingerprint density at radius 3 is 2.43 bits per heavy atom. The fourth-order valence-electron chi connectivity index (χ4n) is 2.67. The van der Waals surface area contributed by atoms with E-state index in [1.54, 1.807) is 30.3 Å². The quantitative estimate of drug-likeness (QED) is 0.814. The molecule has 0 saturated carbocycles. The van der Waals surface area contributed by atoms with Crippen molar-refractivity contribution < 1.29 is 23.9 Å². The van der Waals surface area contributed by atoms with Gasteiger partial charge >= 0.3 is 6.09 Å². The smallest absolute Gasteiger partial charge is 0.424 e. The molecule has 0 N–H and O–H groups in total. The van der Waals surface area contributed by atoms with Gasteiger partial charge in [0.05, 0.1) is 13.7 Å². The zero-order valence-corrected chi connectivity index (χ0v) is 12.8. The maximum absolute atomic E-state index is 12.6. The molecule has 0 unspecified atom stereocenters. The lowest BCUT2D eigenvalue weighted by Gasteiger charge is -2.25. The lowest BCUT2D eigenvalue weighted by molar-refractivity contribution is 0.0548. The van der Waals surface area contributed by atoms with E-state index in [9.17, 15) is 14.4 Å². The Morgan fingerprint density at radius 1 is 1.09 bits per heavy atom. The van der Waals surface area contributed by atoms with Crippen molar-refractivity contribution in [2.24, 2.45) is 0 Å². The minimum Gasteiger partial charge on any atom is -0.496 e. The normalized spacial score (nSPS) is 13.4. The van der Waals surface area contributed by atoms with E-state index in [-0.39, 0.29) is 17.7 Å². The standard InChI is InChI=1S/C17H15NO5/c1-3-9-23-17(21)18-15(19)11-6-4-5-10-13(22-2)8-7-12(14(10)11)16(18)20/h4-8H,3,9H2,1-2H3. The number of carbonyl (C=O) groups is 3. The van der Waals surface area contributed by atoms with Gasteiger partial charge in [0.25, 0.3) is 11.8 Å². The molecule has 23 heavy (non-hydrogen) atoms. The Morgan fingerprint density at radius 2 is 1.78 bits per heavy atom. The van der Waals surface area contributed by atoms with Crippen molar-refractivity contribution in [2.45, 2.75) is 13.3 Å². The summed E-state index contributed by atoms with van der Waals surface area (Å²) in [6.07, 6.45) is -0.342. The van der Waals surface area contributed by atoms with Crippen LogP contribution in [0.5, 0.6) is 5.75 Å². The summed E-state index contributed by atoms with van der Waals surface area (Å²) in [6.45, 7) is 1.98. The van der Waals surface area contributed by atoms with E-state index in [1.165, 1.54) is 7.11 Å². The van der Waals surface area contributed by atoms with Gasteiger partial charge in [0.2, 0.25) is 0 Å². The van der Waals surface area contributed by atoms with E-state index in [1.807, 2.05) is 6.92 Å². The number of ether oxygens (including phenoxy) is 2. The van der Waals surface area contributed by atoms with Crippen LogP contribution in [-0.4, -0.2) is 36.5 Å². The van der Waals surface area contributed by atoms with Gasteiger partial charge in [-0.2, -0.15) is 4.90 Å². The van der Waals surface area contributed by atoms with Gasteiger partial charge in [-0.15, -0.1) is 0 Å². The van der Waals surface area contributed by atoms with Crippen molar-refractivity contribution >= 4 is 28.7 Å². The fourth-order valence-corrected chi connectivity index (χ4v) is 2.67. The van der Waals surface area contributed by atoms with Gasteiger partial charge in [0, 0.05) is 21.9 Å². The largest absolute Gasteiger partial charge is 0.496 e. The molecule has 0 atom stereocenters. The molecule has 3 rings (SSSR count). The summed E-state index contributed by atoms with van der Waals surface area (Å²) in [7, 11) is 1.52. The highest BCUT2D eigenvalue weighted by atomic mass is 16.6. The topological polar surface area (TPSA) is 72.9 Å². The van der Waals surface area contributed by atoms with Gasteiger partial charge < -0.3 is 9.47 Å². The average Bonchev–Trinajstić information content (AvgIpc) is 2.57. The molecule has 0 saturated heterocycles. The number of methoxy groups -OCH3 is 1. The van der Waals surface area contributed by atoms with Gasteiger partial charge in [0.15, 0.2) is 0 Å². The molecule has 0 radical (unpaired) electrons. The first-order valence-electron chi connectivity index (χ1n) is 7.25. The number of rotatable bonds is 3. The molecule has 1 aliphatic rings. The van der Waals surface area contributed by atoms with Gasteiger partial charge in [-0.25, -0.2) is 4.79 Å². The van der Waals surface area contributed by atoms with Crippen LogP contribution in [0.1, 0.15) is 34.1 Å². The molecule has 0 aromatic heterocycles. The number of carbonyl (C=O) groups excluding carboxylic acids is 3. The first-order chi connectivity index (χ1) is 11.1. The van der Waals surface area contributed by atoms with Crippen molar-refractivity contribution in [3.05, 3.63) is 41.5 Å². The van der Waals surface area contributed by atoms with E-state index in [4.69, 9.17) is 9.47 Å². The number of hydrogen-bond acceptors (Lipinski definition) is 5. The summed E-state index contributed by atoms with van der Waals surface area (Å²) in [5.41, 5.74) is 0.564. The second kappa shape index (κ2) is 5.72. The Bertz CT molecular complexity index is 805. The Hall–Kier alpha value is -2.89. The summed E-state index contributed by atoms with van der Waals surface area (Å²) in [6, 6.07) is 8.24. The molecule has 3 amide bonds. The second-order valence-corrected chi connectivity index (χ2v) is 5.10. The lowest BCUT2D eigenvalue weighted by Crippen LogP contribution is -2.44. The third-order valence-electron chi connectivity index (χ3n) is 3.70. The maximum atomic E-state index is 12.6. The van der Waals surface area contributed by atoms with E-state index in [0.717, 1.165) is 0 Å². The molecule has 2 aromatic carbocycles. The highest BCUT2D eigenvalue weighted by Crippen LogP contribution is 2.35. The van der Waals surface area contributed by atoms with E-state index >= 15 is 0 Å². The van der Waals surface area contributed by atoms with Crippen molar-refractivity contribution in [1.82, 2.24) is 4.90 Å². The van der Waals surface area contributed by atoms with Crippen LogP contribution in [0.2, 0.25) is 0 Å². The molecule has 6 heteroatoms. The molecule has 0 aliphatic carbocycles.